The summed E-state index contributed by atoms with van der Waals surface area (Å²) in [6.45, 7) is 2.86. The molecule has 0 aliphatic heterocycles. The maximum absolute atomic E-state index is 5.96. The predicted molar refractivity (Wildman–Crippen MR) is 93.2 cm³/mol. The SMILES string of the molecule is CC/C=C\c1sc(-c2ccc(Cl)cc2)nc1Cn1ccnc1. The summed E-state index contributed by atoms with van der Waals surface area (Å²) in [6, 6.07) is 7.82. The Morgan fingerprint density at radius 1 is 1.27 bits per heavy atom. The number of hydrogen-bond donors (Lipinski definition) is 0. The highest BCUT2D eigenvalue weighted by Crippen LogP contribution is 2.30. The highest BCUT2D eigenvalue weighted by Gasteiger charge is 2.11. The van der Waals surface area contributed by atoms with E-state index in [4.69, 9.17) is 16.6 Å². The second kappa shape index (κ2) is 6.90. The van der Waals surface area contributed by atoms with Gasteiger partial charge < -0.3 is 4.57 Å². The van der Waals surface area contributed by atoms with Crippen LogP contribution in [-0.2, 0) is 6.54 Å². The third-order valence-electron chi connectivity index (χ3n) is 3.22. The van der Waals surface area contributed by atoms with Crippen molar-refractivity contribution >= 4 is 29.0 Å². The van der Waals surface area contributed by atoms with Crippen LogP contribution in [0.3, 0.4) is 0 Å². The molecule has 3 nitrogen and oxygen atoms in total. The quantitative estimate of drug-likeness (QED) is 0.649. The van der Waals surface area contributed by atoms with Gasteiger partial charge in [0.1, 0.15) is 5.01 Å². The summed E-state index contributed by atoms with van der Waals surface area (Å²) < 4.78 is 2.03. The Bertz CT molecular complexity index is 758. The molecule has 0 aliphatic carbocycles. The van der Waals surface area contributed by atoms with Crippen molar-refractivity contribution in [2.75, 3.05) is 0 Å². The van der Waals surface area contributed by atoms with E-state index in [-0.39, 0.29) is 0 Å². The molecule has 0 unspecified atom stereocenters. The first kappa shape index (κ1) is 15.0. The average Bonchev–Trinajstić information content (AvgIpc) is 3.16. The molecule has 0 aliphatic rings. The van der Waals surface area contributed by atoms with Crippen LogP contribution in [0.25, 0.3) is 16.6 Å². The van der Waals surface area contributed by atoms with Crippen molar-refractivity contribution in [2.45, 2.75) is 19.9 Å². The summed E-state index contributed by atoms with van der Waals surface area (Å²) in [6.07, 6.45) is 10.9. The molecule has 0 bridgehead atoms. The number of nitrogens with zero attached hydrogens (tertiary/aromatic N) is 3. The van der Waals surface area contributed by atoms with Gasteiger partial charge in [-0.25, -0.2) is 9.97 Å². The molecule has 0 radical (unpaired) electrons. The molecule has 0 amide bonds. The van der Waals surface area contributed by atoms with Crippen molar-refractivity contribution in [3.63, 3.8) is 0 Å². The van der Waals surface area contributed by atoms with Crippen LogP contribution < -0.4 is 0 Å². The largest absolute Gasteiger partial charge is 0.331 e. The molecule has 0 spiro atoms. The third-order valence-corrected chi connectivity index (χ3v) is 4.58. The number of aromatic nitrogens is 3. The van der Waals surface area contributed by atoms with E-state index < -0.39 is 0 Å². The van der Waals surface area contributed by atoms with Crippen LogP contribution in [-0.4, -0.2) is 14.5 Å². The summed E-state index contributed by atoms with van der Waals surface area (Å²) in [5.41, 5.74) is 2.16. The van der Waals surface area contributed by atoms with Gasteiger partial charge in [-0.05, 0) is 24.6 Å². The summed E-state index contributed by atoms with van der Waals surface area (Å²) in [5.74, 6) is 0. The molecule has 5 heteroatoms. The maximum atomic E-state index is 5.96. The van der Waals surface area contributed by atoms with Crippen LogP contribution in [0.2, 0.25) is 5.02 Å². The van der Waals surface area contributed by atoms with Crippen LogP contribution in [0.4, 0.5) is 0 Å². The Morgan fingerprint density at radius 2 is 2.09 bits per heavy atom. The van der Waals surface area contributed by atoms with Gasteiger partial charge in [-0.3, -0.25) is 0 Å². The third kappa shape index (κ3) is 3.46. The maximum Gasteiger partial charge on any atom is 0.124 e. The first-order chi connectivity index (χ1) is 10.8. The topological polar surface area (TPSA) is 30.7 Å². The first-order valence-corrected chi connectivity index (χ1v) is 8.33. The number of hydrogen-bond acceptors (Lipinski definition) is 3. The predicted octanol–water partition coefficient (Wildman–Crippen LogP) is 5.13. The number of benzene rings is 1. The van der Waals surface area contributed by atoms with Crippen molar-refractivity contribution in [2.24, 2.45) is 0 Å². The highest BCUT2D eigenvalue weighted by molar-refractivity contribution is 7.16. The average molecular weight is 330 g/mol. The van der Waals surface area contributed by atoms with Gasteiger partial charge in [0.25, 0.3) is 0 Å². The molecular weight excluding hydrogens is 314 g/mol. The van der Waals surface area contributed by atoms with E-state index in [2.05, 4.69) is 24.1 Å². The monoisotopic (exact) mass is 329 g/mol. The van der Waals surface area contributed by atoms with Crippen LogP contribution in [0.5, 0.6) is 0 Å². The van der Waals surface area contributed by atoms with E-state index >= 15 is 0 Å². The molecule has 0 fully saturated rings. The lowest BCUT2D eigenvalue weighted by molar-refractivity contribution is 0.778. The molecular formula is C17H16ClN3S. The number of halogens is 1. The zero-order valence-corrected chi connectivity index (χ0v) is 13.8. The van der Waals surface area contributed by atoms with Crippen molar-refractivity contribution in [3.05, 3.63) is 64.7 Å². The molecule has 0 saturated heterocycles. The van der Waals surface area contributed by atoms with Crippen LogP contribution >= 0.6 is 22.9 Å². The Morgan fingerprint density at radius 3 is 2.77 bits per heavy atom. The Kier molecular flexibility index (Phi) is 4.71. The summed E-state index contributed by atoms with van der Waals surface area (Å²) in [7, 11) is 0. The normalized spacial score (nSPS) is 11.4. The minimum absolute atomic E-state index is 0.730. The van der Waals surface area contributed by atoms with Crippen molar-refractivity contribution in [1.82, 2.24) is 14.5 Å². The fourth-order valence-corrected chi connectivity index (χ4v) is 3.24. The second-order valence-electron chi connectivity index (χ2n) is 4.88. The van der Waals surface area contributed by atoms with Gasteiger partial charge in [-0.2, -0.15) is 0 Å². The van der Waals surface area contributed by atoms with Gasteiger partial charge in [0.05, 0.1) is 23.4 Å². The lowest BCUT2D eigenvalue weighted by Gasteiger charge is -1.99. The number of imidazole rings is 1. The number of thiazole rings is 1. The highest BCUT2D eigenvalue weighted by atomic mass is 35.5. The van der Waals surface area contributed by atoms with Crippen LogP contribution in [0.1, 0.15) is 23.9 Å². The number of allylic oxidation sites excluding steroid dienone is 1. The van der Waals surface area contributed by atoms with Gasteiger partial charge in [0.15, 0.2) is 0 Å². The van der Waals surface area contributed by atoms with E-state index in [1.54, 1.807) is 17.5 Å². The van der Waals surface area contributed by atoms with Crippen molar-refractivity contribution < 1.29 is 0 Å². The first-order valence-electron chi connectivity index (χ1n) is 7.14. The molecule has 2 heterocycles. The molecule has 3 aromatic rings. The molecule has 2 aromatic heterocycles. The number of rotatable bonds is 5. The summed E-state index contributed by atoms with van der Waals surface area (Å²) >= 11 is 7.67. The Labute approximate surface area is 138 Å². The van der Waals surface area contributed by atoms with E-state index in [0.29, 0.717) is 0 Å². The van der Waals surface area contributed by atoms with E-state index in [1.165, 1.54) is 4.88 Å². The van der Waals surface area contributed by atoms with Crippen LogP contribution in [0, 0.1) is 0 Å². The van der Waals surface area contributed by atoms with Crippen LogP contribution in [0.15, 0.2) is 49.1 Å². The lowest BCUT2D eigenvalue weighted by Crippen LogP contribution is -1.98. The molecule has 3 rings (SSSR count). The molecule has 22 heavy (non-hydrogen) atoms. The standard InChI is InChI=1S/C17H16ClN3S/c1-2-3-4-16-15(11-21-10-9-19-12-21)20-17(22-16)13-5-7-14(18)8-6-13/h3-10,12H,2,11H2,1H3/b4-3-. The van der Waals surface area contributed by atoms with Gasteiger partial charge in [-0.1, -0.05) is 36.7 Å². The zero-order chi connectivity index (χ0) is 15.4. The molecule has 0 atom stereocenters. The molecule has 0 saturated carbocycles. The summed E-state index contributed by atoms with van der Waals surface area (Å²) in [5, 5.41) is 1.76. The van der Waals surface area contributed by atoms with E-state index in [0.717, 1.165) is 34.3 Å². The summed E-state index contributed by atoms with van der Waals surface area (Å²) in [4.78, 5) is 10.1. The fraction of sp³-hybridized carbons (Fsp3) is 0.176. The van der Waals surface area contributed by atoms with Gasteiger partial charge in [0.2, 0.25) is 0 Å². The fourth-order valence-electron chi connectivity index (χ4n) is 2.10. The van der Waals surface area contributed by atoms with Gasteiger partial charge in [0, 0.05) is 23.0 Å². The Balaban J connectivity index is 1.96. The van der Waals surface area contributed by atoms with E-state index in [1.807, 2.05) is 41.4 Å². The van der Waals surface area contributed by atoms with Gasteiger partial charge >= 0.3 is 0 Å². The zero-order valence-electron chi connectivity index (χ0n) is 12.2. The minimum Gasteiger partial charge on any atom is -0.331 e. The van der Waals surface area contributed by atoms with E-state index in [9.17, 15) is 0 Å². The van der Waals surface area contributed by atoms with Gasteiger partial charge in [-0.15, -0.1) is 11.3 Å². The van der Waals surface area contributed by atoms with Crippen molar-refractivity contribution in [3.8, 4) is 10.6 Å². The molecule has 0 N–H and O–H groups in total. The van der Waals surface area contributed by atoms with Crippen molar-refractivity contribution in [1.29, 1.82) is 0 Å². The molecule has 112 valence electrons. The second-order valence-corrected chi connectivity index (χ2v) is 6.35. The molecule has 1 aromatic carbocycles. The minimum atomic E-state index is 0.730. The lowest BCUT2D eigenvalue weighted by atomic mass is 10.2. The Hall–Kier alpha value is -1.91. The smallest absolute Gasteiger partial charge is 0.124 e.